The van der Waals surface area contributed by atoms with Crippen molar-refractivity contribution in [1.29, 1.82) is 0 Å². The van der Waals surface area contributed by atoms with Crippen LogP contribution in [0.3, 0.4) is 0 Å². The van der Waals surface area contributed by atoms with Gasteiger partial charge in [0, 0.05) is 64.5 Å². The summed E-state index contributed by atoms with van der Waals surface area (Å²) in [6, 6.07) is 4.76. The first-order valence-electron chi connectivity index (χ1n) is 13.6. The van der Waals surface area contributed by atoms with Crippen LogP contribution >= 0.6 is 0 Å². The van der Waals surface area contributed by atoms with Gasteiger partial charge in [0.2, 0.25) is 5.91 Å². The lowest BCUT2D eigenvalue weighted by atomic mass is 9.88. The molecule has 0 aliphatic carbocycles. The van der Waals surface area contributed by atoms with Crippen LogP contribution in [0.1, 0.15) is 86.3 Å². The second kappa shape index (κ2) is 15.6. The van der Waals surface area contributed by atoms with Crippen molar-refractivity contribution in [2.75, 3.05) is 44.0 Å². The predicted octanol–water partition coefficient (Wildman–Crippen LogP) is 6.27. The Balaban J connectivity index is 0.000000360. The number of nitrogens with zero attached hydrogens (tertiary/aromatic N) is 3. The smallest absolute Gasteiger partial charge is 0.219 e. The molecular formula is C30H51N5O2. The molecule has 0 bridgehead atoms. The van der Waals surface area contributed by atoms with E-state index in [4.69, 9.17) is 4.74 Å². The van der Waals surface area contributed by atoms with E-state index in [0.29, 0.717) is 12.6 Å². The Kier molecular flexibility index (Phi) is 13.6. The third-order valence-electron chi connectivity index (χ3n) is 6.15. The van der Waals surface area contributed by atoms with E-state index in [1.165, 1.54) is 11.1 Å². The maximum Gasteiger partial charge on any atom is 0.219 e. The molecule has 208 valence electrons. The van der Waals surface area contributed by atoms with E-state index in [9.17, 15) is 4.79 Å². The van der Waals surface area contributed by atoms with Crippen LogP contribution in [0.2, 0.25) is 0 Å². The van der Waals surface area contributed by atoms with Gasteiger partial charge in [-0.05, 0) is 46.9 Å². The van der Waals surface area contributed by atoms with Gasteiger partial charge in [0.05, 0.1) is 18.0 Å². The Morgan fingerprint density at radius 2 is 1.41 bits per heavy atom. The third kappa shape index (κ3) is 11.9. The zero-order valence-corrected chi connectivity index (χ0v) is 24.9. The van der Waals surface area contributed by atoms with Crippen LogP contribution in [0.15, 0.2) is 36.9 Å². The highest BCUT2D eigenvalue weighted by Crippen LogP contribution is 2.25. The summed E-state index contributed by atoms with van der Waals surface area (Å²) in [5.41, 5.74) is 4.88. The minimum absolute atomic E-state index is 0.114. The average Bonchev–Trinajstić information content (AvgIpc) is 2.86. The van der Waals surface area contributed by atoms with Crippen molar-refractivity contribution < 1.29 is 9.53 Å². The Morgan fingerprint density at radius 3 is 1.86 bits per heavy atom. The van der Waals surface area contributed by atoms with Crippen LogP contribution in [0, 0.1) is 0 Å². The molecule has 1 aliphatic rings. The number of ether oxygens (including phenoxy) is 1. The number of rotatable bonds is 6. The Hall–Kier alpha value is -2.67. The normalized spacial score (nSPS) is 14.1. The van der Waals surface area contributed by atoms with E-state index in [0.717, 1.165) is 43.9 Å². The first kappa shape index (κ1) is 32.4. The fraction of sp³-hybridized carbons (Fsp3) is 0.633. The second-order valence-electron chi connectivity index (χ2n) is 11.3. The topological polar surface area (TPSA) is 79.4 Å². The van der Waals surface area contributed by atoms with Crippen LogP contribution < -0.4 is 10.6 Å². The fourth-order valence-electron chi connectivity index (χ4n) is 3.75. The molecule has 0 aromatic carbocycles. The molecular weight excluding hydrogens is 462 g/mol. The SMILES string of the molecule is CC.CC(=O)N1CCC(Nc2cncc(C(C)(C)C)c2)CC1.COCCNc1cncc(C(C)(C)C)c1. The molecule has 0 spiro atoms. The van der Waals surface area contributed by atoms with E-state index in [2.05, 4.69) is 74.3 Å². The standard InChI is InChI=1S/C16H25N3O.C12H20N2O.C2H6/c1-12(20)19-7-5-14(6-8-19)18-15-9-13(10-17-11-15)16(2,3)4;1-12(2,3)10-7-11(9-13-8-10)14-5-6-15-4;1-2/h9-11,14,18H,5-8H2,1-4H3;7-9,14H,5-6H2,1-4H3;1-2H3. The fourth-order valence-corrected chi connectivity index (χ4v) is 3.75. The number of hydrogen-bond donors (Lipinski definition) is 2. The number of carbonyl (C=O) groups excluding carboxylic acids is 1. The Morgan fingerprint density at radius 1 is 0.919 bits per heavy atom. The van der Waals surface area contributed by atoms with Crippen LogP contribution in [0.4, 0.5) is 11.4 Å². The first-order chi connectivity index (χ1) is 17.4. The zero-order chi connectivity index (χ0) is 28.1. The lowest BCUT2D eigenvalue weighted by Gasteiger charge is -2.32. The van der Waals surface area contributed by atoms with Gasteiger partial charge in [0.15, 0.2) is 0 Å². The van der Waals surface area contributed by atoms with Crippen molar-refractivity contribution in [2.45, 2.75) is 92.0 Å². The predicted molar refractivity (Wildman–Crippen MR) is 156 cm³/mol. The molecule has 7 heteroatoms. The summed E-state index contributed by atoms with van der Waals surface area (Å²) in [6.45, 7) is 22.0. The summed E-state index contributed by atoms with van der Waals surface area (Å²) in [5.74, 6) is 0.180. The Labute approximate surface area is 225 Å². The molecule has 1 aliphatic heterocycles. The maximum absolute atomic E-state index is 11.3. The Bertz CT molecular complexity index is 926. The summed E-state index contributed by atoms with van der Waals surface area (Å²) in [6.07, 6.45) is 9.57. The summed E-state index contributed by atoms with van der Waals surface area (Å²) < 4.78 is 4.98. The molecule has 0 unspecified atom stereocenters. The number of amides is 1. The molecule has 1 amide bonds. The minimum atomic E-state index is 0.114. The lowest BCUT2D eigenvalue weighted by molar-refractivity contribution is -0.129. The molecule has 0 atom stereocenters. The summed E-state index contributed by atoms with van der Waals surface area (Å²) >= 11 is 0. The van der Waals surface area contributed by atoms with Crippen molar-refractivity contribution in [3.63, 3.8) is 0 Å². The molecule has 3 rings (SSSR count). The van der Waals surface area contributed by atoms with Gasteiger partial charge in [-0.2, -0.15) is 0 Å². The van der Waals surface area contributed by atoms with Gasteiger partial charge in [-0.1, -0.05) is 55.4 Å². The van der Waals surface area contributed by atoms with Crippen LogP contribution in [-0.2, 0) is 20.4 Å². The summed E-state index contributed by atoms with van der Waals surface area (Å²) in [4.78, 5) is 21.8. The maximum atomic E-state index is 11.3. The van der Waals surface area contributed by atoms with Crippen molar-refractivity contribution >= 4 is 17.3 Å². The molecule has 0 radical (unpaired) electrons. The molecule has 1 fully saturated rings. The van der Waals surface area contributed by atoms with E-state index >= 15 is 0 Å². The van der Waals surface area contributed by atoms with Gasteiger partial charge in [0.1, 0.15) is 0 Å². The van der Waals surface area contributed by atoms with Crippen molar-refractivity contribution in [1.82, 2.24) is 14.9 Å². The largest absolute Gasteiger partial charge is 0.383 e. The highest BCUT2D eigenvalue weighted by Gasteiger charge is 2.21. The number of piperidine rings is 1. The highest BCUT2D eigenvalue weighted by molar-refractivity contribution is 5.73. The number of likely N-dealkylation sites (tertiary alicyclic amines) is 1. The van der Waals surface area contributed by atoms with Gasteiger partial charge in [0.25, 0.3) is 0 Å². The second-order valence-corrected chi connectivity index (χ2v) is 11.3. The average molecular weight is 514 g/mol. The first-order valence-corrected chi connectivity index (χ1v) is 13.6. The number of hydrogen-bond acceptors (Lipinski definition) is 6. The zero-order valence-electron chi connectivity index (χ0n) is 24.9. The molecule has 7 nitrogen and oxygen atoms in total. The lowest BCUT2D eigenvalue weighted by Crippen LogP contribution is -2.41. The van der Waals surface area contributed by atoms with Crippen LogP contribution in [0.5, 0.6) is 0 Å². The molecule has 3 heterocycles. The highest BCUT2D eigenvalue weighted by atomic mass is 16.5. The molecule has 2 N–H and O–H groups in total. The van der Waals surface area contributed by atoms with Crippen molar-refractivity contribution in [2.24, 2.45) is 0 Å². The van der Waals surface area contributed by atoms with Gasteiger partial charge in [-0.3, -0.25) is 14.8 Å². The minimum Gasteiger partial charge on any atom is -0.383 e. The van der Waals surface area contributed by atoms with Gasteiger partial charge in [-0.25, -0.2) is 0 Å². The van der Waals surface area contributed by atoms with Gasteiger partial charge < -0.3 is 20.3 Å². The number of aromatic nitrogens is 2. The third-order valence-corrected chi connectivity index (χ3v) is 6.15. The van der Waals surface area contributed by atoms with E-state index in [1.807, 2.05) is 43.5 Å². The number of methoxy groups -OCH3 is 1. The monoisotopic (exact) mass is 513 g/mol. The van der Waals surface area contributed by atoms with E-state index < -0.39 is 0 Å². The summed E-state index contributed by atoms with van der Waals surface area (Å²) in [5, 5.41) is 6.82. The van der Waals surface area contributed by atoms with Crippen molar-refractivity contribution in [3.8, 4) is 0 Å². The van der Waals surface area contributed by atoms with Gasteiger partial charge in [-0.15, -0.1) is 0 Å². The quantitative estimate of drug-likeness (QED) is 0.444. The molecule has 1 saturated heterocycles. The molecule has 0 saturated carbocycles. The molecule has 2 aromatic rings. The molecule has 2 aromatic heterocycles. The number of nitrogens with one attached hydrogen (secondary N) is 2. The summed E-state index contributed by atoms with van der Waals surface area (Å²) in [7, 11) is 1.70. The van der Waals surface area contributed by atoms with Gasteiger partial charge >= 0.3 is 0 Å². The number of carbonyl (C=O) groups is 1. The number of anilines is 2. The van der Waals surface area contributed by atoms with Crippen LogP contribution in [0.25, 0.3) is 0 Å². The van der Waals surface area contributed by atoms with Crippen molar-refractivity contribution in [3.05, 3.63) is 48.0 Å². The van der Waals surface area contributed by atoms with Crippen LogP contribution in [-0.4, -0.2) is 60.2 Å². The molecule has 37 heavy (non-hydrogen) atoms. The number of pyridine rings is 2. The van der Waals surface area contributed by atoms with E-state index in [1.54, 1.807) is 14.0 Å². The van der Waals surface area contributed by atoms with E-state index in [-0.39, 0.29) is 16.7 Å².